The minimum Gasteiger partial charge on any atom is -0.339 e. The number of nitrogens with one attached hydrogen (secondary N) is 1. The highest BCUT2D eigenvalue weighted by atomic mass is 19.4. The number of alkyl halides is 3. The first-order valence-electron chi connectivity index (χ1n) is 7.65. The lowest BCUT2D eigenvalue weighted by Gasteiger charge is -2.27. The molecule has 0 aromatic carbocycles. The molecule has 0 radical (unpaired) electrons. The number of halogens is 3. The molecule has 0 unspecified atom stereocenters. The summed E-state index contributed by atoms with van der Waals surface area (Å²) in [5.74, 6) is 0.399. The van der Waals surface area contributed by atoms with Gasteiger partial charge in [-0.05, 0) is 51.6 Å². The fourth-order valence-corrected chi connectivity index (χ4v) is 3.33. The normalized spacial score (nSPS) is 28.7. The maximum atomic E-state index is 12.7. The molecule has 0 atom stereocenters. The SMILES string of the molecule is FC(F)(F)C1CCC(c2nc(C3CCNCC3)no2)CC1. The van der Waals surface area contributed by atoms with Crippen LogP contribution >= 0.6 is 0 Å². The van der Waals surface area contributed by atoms with Gasteiger partial charge in [0.1, 0.15) is 0 Å². The average Bonchev–Trinajstić information content (AvgIpc) is 2.97. The molecule has 21 heavy (non-hydrogen) atoms. The van der Waals surface area contributed by atoms with E-state index < -0.39 is 12.1 Å². The van der Waals surface area contributed by atoms with Crippen molar-refractivity contribution in [1.82, 2.24) is 15.5 Å². The summed E-state index contributed by atoms with van der Waals surface area (Å²) in [7, 11) is 0. The molecule has 0 bridgehead atoms. The van der Waals surface area contributed by atoms with Gasteiger partial charge in [-0.2, -0.15) is 18.2 Å². The molecule has 2 heterocycles. The van der Waals surface area contributed by atoms with E-state index in [1.165, 1.54) is 0 Å². The van der Waals surface area contributed by atoms with Crippen LogP contribution in [0.1, 0.15) is 62.1 Å². The Morgan fingerprint density at radius 3 is 2.24 bits per heavy atom. The van der Waals surface area contributed by atoms with Crippen LogP contribution in [-0.4, -0.2) is 29.4 Å². The van der Waals surface area contributed by atoms with Gasteiger partial charge in [0.05, 0.1) is 5.92 Å². The predicted molar refractivity (Wildman–Crippen MR) is 69.9 cm³/mol. The lowest BCUT2D eigenvalue weighted by Crippen LogP contribution is -2.27. The van der Waals surface area contributed by atoms with Crippen molar-refractivity contribution in [2.45, 2.75) is 56.5 Å². The number of hydrogen-bond donors (Lipinski definition) is 1. The summed E-state index contributed by atoms with van der Waals surface area (Å²) in [6.45, 7) is 1.90. The molecular formula is C14H20F3N3O. The van der Waals surface area contributed by atoms with Gasteiger partial charge in [-0.15, -0.1) is 0 Å². The van der Waals surface area contributed by atoms with E-state index in [9.17, 15) is 13.2 Å². The molecule has 2 aliphatic rings. The van der Waals surface area contributed by atoms with Gasteiger partial charge < -0.3 is 9.84 Å². The molecule has 4 nitrogen and oxygen atoms in total. The Bertz CT molecular complexity index is 460. The summed E-state index contributed by atoms with van der Waals surface area (Å²) in [5.41, 5.74) is 0. The lowest BCUT2D eigenvalue weighted by atomic mass is 9.81. The van der Waals surface area contributed by atoms with Crippen molar-refractivity contribution in [1.29, 1.82) is 0 Å². The van der Waals surface area contributed by atoms with Crippen molar-refractivity contribution in [3.05, 3.63) is 11.7 Å². The van der Waals surface area contributed by atoms with Crippen molar-refractivity contribution in [3.63, 3.8) is 0 Å². The minimum absolute atomic E-state index is 0.00781. The van der Waals surface area contributed by atoms with Gasteiger partial charge in [0, 0.05) is 11.8 Å². The average molecular weight is 303 g/mol. The maximum absolute atomic E-state index is 12.7. The Morgan fingerprint density at radius 2 is 1.62 bits per heavy atom. The second-order valence-corrected chi connectivity index (χ2v) is 6.11. The first-order valence-corrected chi connectivity index (χ1v) is 7.65. The molecule has 7 heteroatoms. The third-order valence-electron chi connectivity index (χ3n) is 4.70. The fraction of sp³-hybridized carbons (Fsp3) is 0.857. The molecule has 1 aromatic rings. The topological polar surface area (TPSA) is 51.0 Å². The molecule has 1 aliphatic heterocycles. The largest absolute Gasteiger partial charge is 0.391 e. The van der Waals surface area contributed by atoms with Crippen molar-refractivity contribution in [3.8, 4) is 0 Å². The van der Waals surface area contributed by atoms with Crippen molar-refractivity contribution in [2.24, 2.45) is 5.92 Å². The van der Waals surface area contributed by atoms with Crippen LogP contribution in [0.25, 0.3) is 0 Å². The van der Waals surface area contributed by atoms with Gasteiger partial charge in [0.2, 0.25) is 5.89 Å². The Balaban J connectivity index is 1.60. The maximum Gasteiger partial charge on any atom is 0.391 e. The zero-order valence-corrected chi connectivity index (χ0v) is 11.8. The molecule has 1 aromatic heterocycles. The summed E-state index contributed by atoms with van der Waals surface area (Å²) in [5, 5.41) is 7.33. The third-order valence-corrected chi connectivity index (χ3v) is 4.70. The van der Waals surface area contributed by atoms with E-state index in [1.54, 1.807) is 0 Å². The molecule has 1 saturated carbocycles. The zero-order valence-electron chi connectivity index (χ0n) is 11.8. The summed E-state index contributed by atoms with van der Waals surface area (Å²) < 4.78 is 43.3. The molecule has 3 rings (SSSR count). The van der Waals surface area contributed by atoms with Gasteiger partial charge in [-0.3, -0.25) is 0 Å². The number of nitrogens with zero attached hydrogens (tertiary/aromatic N) is 2. The van der Waals surface area contributed by atoms with E-state index in [2.05, 4.69) is 15.5 Å². The van der Waals surface area contributed by atoms with Gasteiger partial charge >= 0.3 is 6.18 Å². The quantitative estimate of drug-likeness (QED) is 0.910. The fourth-order valence-electron chi connectivity index (χ4n) is 3.33. The van der Waals surface area contributed by atoms with Gasteiger partial charge in [-0.1, -0.05) is 5.16 Å². The molecule has 2 fully saturated rings. The van der Waals surface area contributed by atoms with Gasteiger partial charge in [0.15, 0.2) is 5.82 Å². The Kier molecular flexibility index (Phi) is 4.19. The van der Waals surface area contributed by atoms with Crippen LogP contribution < -0.4 is 5.32 Å². The minimum atomic E-state index is -4.07. The molecular weight excluding hydrogens is 283 g/mol. The number of aromatic nitrogens is 2. The molecule has 1 N–H and O–H groups in total. The summed E-state index contributed by atoms with van der Waals surface area (Å²) in [6, 6.07) is 0. The summed E-state index contributed by atoms with van der Waals surface area (Å²) in [6.07, 6.45) is -0.797. The van der Waals surface area contributed by atoms with E-state index in [-0.39, 0.29) is 18.8 Å². The summed E-state index contributed by atoms with van der Waals surface area (Å²) in [4.78, 5) is 4.46. The van der Waals surface area contributed by atoms with Crippen molar-refractivity contribution >= 4 is 0 Å². The van der Waals surface area contributed by atoms with Crippen molar-refractivity contribution < 1.29 is 17.7 Å². The van der Waals surface area contributed by atoms with Crippen LogP contribution in [0.3, 0.4) is 0 Å². The van der Waals surface area contributed by atoms with E-state index >= 15 is 0 Å². The van der Waals surface area contributed by atoms with Gasteiger partial charge in [-0.25, -0.2) is 0 Å². The Morgan fingerprint density at radius 1 is 0.952 bits per heavy atom. The van der Waals surface area contributed by atoms with Crippen molar-refractivity contribution in [2.75, 3.05) is 13.1 Å². The number of hydrogen-bond acceptors (Lipinski definition) is 4. The standard InChI is InChI=1S/C14H20F3N3O/c15-14(16,17)11-3-1-10(2-4-11)13-19-12(20-21-13)9-5-7-18-8-6-9/h9-11,18H,1-8H2. The molecule has 0 amide bonds. The molecule has 118 valence electrons. The first kappa shape index (κ1) is 14.8. The monoisotopic (exact) mass is 303 g/mol. The van der Waals surface area contributed by atoms with E-state index in [4.69, 9.17) is 4.52 Å². The Labute approximate surface area is 121 Å². The highest BCUT2D eigenvalue weighted by Gasteiger charge is 2.42. The van der Waals surface area contributed by atoms with Crippen LogP contribution in [0.4, 0.5) is 13.2 Å². The van der Waals surface area contributed by atoms with Crippen LogP contribution in [0.5, 0.6) is 0 Å². The van der Waals surface area contributed by atoms with Crippen LogP contribution in [0.15, 0.2) is 4.52 Å². The Hall–Kier alpha value is -1.11. The van der Waals surface area contributed by atoms with E-state index in [1.807, 2.05) is 0 Å². The smallest absolute Gasteiger partial charge is 0.339 e. The second kappa shape index (κ2) is 5.94. The lowest BCUT2D eigenvalue weighted by molar-refractivity contribution is -0.182. The second-order valence-electron chi connectivity index (χ2n) is 6.11. The number of piperidine rings is 1. The van der Waals surface area contributed by atoms with Gasteiger partial charge in [0.25, 0.3) is 0 Å². The number of rotatable bonds is 2. The highest BCUT2D eigenvalue weighted by Crippen LogP contribution is 2.42. The van der Waals surface area contributed by atoms with Crippen LogP contribution in [0, 0.1) is 5.92 Å². The third kappa shape index (κ3) is 3.39. The highest BCUT2D eigenvalue weighted by molar-refractivity contribution is 5.02. The van der Waals surface area contributed by atoms with Crippen LogP contribution in [-0.2, 0) is 0 Å². The predicted octanol–water partition coefficient (Wildman–Crippen LogP) is 3.37. The van der Waals surface area contributed by atoms with Crippen LogP contribution in [0.2, 0.25) is 0 Å². The zero-order chi connectivity index (χ0) is 14.9. The molecule has 1 saturated heterocycles. The molecule has 1 aliphatic carbocycles. The molecule has 0 spiro atoms. The van der Waals surface area contributed by atoms with E-state index in [0.29, 0.717) is 24.7 Å². The summed E-state index contributed by atoms with van der Waals surface area (Å²) >= 11 is 0. The first-order chi connectivity index (χ1) is 10.0. The van der Waals surface area contributed by atoms with E-state index in [0.717, 1.165) is 31.8 Å².